The molecule has 5 nitrogen and oxygen atoms in total. The quantitative estimate of drug-likeness (QED) is 0.491. The van der Waals surface area contributed by atoms with Crippen molar-refractivity contribution in [2.24, 2.45) is 16.5 Å². The number of aromatic nitrogens is 1. The molecule has 0 atom stereocenters. The molecule has 11 heteroatoms. The van der Waals surface area contributed by atoms with Gasteiger partial charge in [-0.25, -0.2) is 0 Å². The summed E-state index contributed by atoms with van der Waals surface area (Å²) in [7, 11) is 0. The summed E-state index contributed by atoms with van der Waals surface area (Å²) in [6.45, 7) is -1.28. The minimum absolute atomic E-state index is 0.227. The maximum atomic E-state index is 12.6. The first-order valence-electron chi connectivity index (χ1n) is 4.89. The molecular weight excluding hydrogens is 294 g/mol. The molecule has 1 rings (SSSR count). The summed E-state index contributed by atoms with van der Waals surface area (Å²) in [5, 5.41) is 0. The molecule has 0 aliphatic rings. The standard InChI is InChI=1S/C9H8F6N4O/c10-8(11,12)4-1-2-5(9(13,14)15)19(4)3-6(20)18-7(16)17/h1-2H,3H2,(H4,16,17,18,20). The van der Waals surface area contributed by atoms with Gasteiger partial charge >= 0.3 is 12.4 Å². The predicted molar refractivity (Wildman–Crippen MR) is 55.3 cm³/mol. The first kappa shape index (κ1) is 15.9. The van der Waals surface area contributed by atoms with Crippen LogP contribution < -0.4 is 11.5 Å². The fourth-order valence-electron chi connectivity index (χ4n) is 1.45. The van der Waals surface area contributed by atoms with Crippen LogP contribution >= 0.6 is 0 Å². The molecule has 4 N–H and O–H groups in total. The molecule has 0 aliphatic heterocycles. The van der Waals surface area contributed by atoms with Gasteiger partial charge in [-0.3, -0.25) is 4.79 Å². The first-order chi connectivity index (χ1) is 8.93. The molecule has 0 bridgehead atoms. The third-order valence-electron chi connectivity index (χ3n) is 2.11. The van der Waals surface area contributed by atoms with Crippen molar-refractivity contribution in [3.63, 3.8) is 0 Å². The van der Waals surface area contributed by atoms with Crippen molar-refractivity contribution in [3.05, 3.63) is 23.5 Å². The molecule has 0 radical (unpaired) electrons. The van der Waals surface area contributed by atoms with Crippen LogP contribution in [0.3, 0.4) is 0 Å². The Hall–Kier alpha value is -2.20. The Balaban J connectivity index is 3.30. The van der Waals surface area contributed by atoms with E-state index in [0.29, 0.717) is 0 Å². The highest BCUT2D eigenvalue weighted by Crippen LogP contribution is 2.36. The number of aliphatic imine (C=N–C) groups is 1. The van der Waals surface area contributed by atoms with Gasteiger partial charge in [0, 0.05) is 0 Å². The summed E-state index contributed by atoms with van der Waals surface area (Å²) in [5.74, 6) is -2.10. The number of rotatable bonds is 2. The third kappa shape index (κ3) is 3.65. The highest BCUT2D eigenvalue weighted by atomic mass is 19.4. The number of carbonyl (C=O) groups excluding carboxylic acids is 1. The topological polar surface area (TPSA) is 86.4 Å². The van der Waals surface area contributed by atoms with E-state index in [1.807, 2.05) is 0 Å². The summed E-state index contributed by atoms with van der Waals surface area (Å²) in [4.78, 5) is 14.1. The summed E-state index contributed by atoms with van der Waals surface area (Å²) >= 11 is 0. The number of carbonyl (C=O) groups is 1. The molecule has 0 saturated carbocycles. The van der Waals surface area contributed by atoms with E-state index in [9.17, 15) is 31.1 Å². The van der Waals surface area contributed by atoms with E-state index < -0.39 is 42.2 Å². The molecule has 20 heavy (non-hydrogen) atoms. The molecule has 0 saturated heterocycles. The molecule has 0 spiro atoms. The molecule has 0 aliphatic carbocycles. The number of guanidine groups is 1. The summed E-state index contributed by atoms with van der Waals surface area (Å²) < 4.78 is 75.2. The van der Waals surface area contributed by atoms with Crippen molar-refractivity contribution < 1.29 is 31.1 Å². The van der Waals surface area contributed by atoms with E-state index in [1.165, 1.54) is 0 Å². The van der Waals surface area contributed by atoms with Gasteiger partial charge < -0.3 is 16.0 Å². The smallest absolute Gasteiger partial charge is 0.370 e. The van der Waals surface area contributed by atoms with Crippen molar-refractivity contribution in [3.8, 4) is 0 Å². The maximum absolute atomic E-state index is 12.6. The van der Waals surface area contributed by atoms with Gasteiger partial charge in [-0.2, -0.15) is 31.3 Å². The van der Waals surface area contributed by atoms with Gasteiger partial charge in [0.05, 0.1) is 0 Å². The number of hydrogen-bond acceptors (Lipinski definition) is 1. The number of halogens is 6. The van der Waals surface area contributed by atoms with Gasteiger partial charge in [-0.05, 0) is 12.1 Å². The Kier molecular flexibility index (Phi) is 4.01. The number of amides is 1. The van der Waals surface area contributed by atoms with Crippen LogP contribution in [-0.2, 0) is 23.7 Å². The van der Waals surface area contributed by atoms with E-state index in [4.69, 9.17) is 11.5 Å². The molecule has 1 aromatic heterocycles. The predicted octanol–water partition coefficient (Wildman–Crippen LogP) is 1.33. The normalized spacial score (nSPS) is 12.3. The van der Waals surface area contributed by atoms with Crippen molar-refractivity contribution >= 4 is 11.9 Å². The van der Waals surface area contributed by atoms with Gasteiger partial charge in [0.1, 0.15) is 17.9 Å². The average molecular weight is 302 g/mol. The van der Waals surface area contributed by atoms with Crippen LogP contribution in [0.4, 0.5) is 26.3 Å². The Morgan fingerprint density at radius 1 is 1.05 bits per heavy atom. The zero-order valence-corrected chi connectivity index (χ0v) is 9.59. The summed E-state index contributed by atoms with van der Waals surface area (Å²) in [5.41, 5.74) is 6.40. The zero-order chi connectivity index (χ0) is 15.7. The van der Waals surface area contributed by atoms with Gasteiger partial charge in [0.2, 0.25) is 0 Å². The van der Waals surface area contributed by atoms with E-state index in [2.05, 4.69) is 4.99 Å². The lowest BCUT2D eigenvalue weighted by Crippen LogP contribution is -2.27. The second kappa shape index (κ2) is 5.06. The molecule has 112 valence electrons. The Morgan fingerprint density at radius 2 is 1.45 bits per heavy atom. The van der Waals surface area contributed by atoms with Crippen LogP contribution in [0.1, 0.15) is 11.4 Å². The Morgan fingerprint density at radius 3 is 1.75 bits per heavy atom. The van der Waals surface area contributed by atoms with Crippen LogP contribution in [0.2, 0.25) is 0 Å². The van der Waals surface area contributed by atoms with Crippen LogP contribution in [0, 0.1) is 0 Å². The highest BCUT2D eigenvalue weighted by molar-refractivity contribution is 5.91. The molecule has 0 aromatic carbocycles. The third-order valence-corrected chi connectivity index (χ3v) is 2.11. The van der Waals surface area contributed by atoms with E-state index in [0.717, 1.165) is 0 Å². The Labute approximate surface area is 107 Å². The number of nitrogens with zero attached hydrogens (tertiary/aromatic N) is 2. The minimum atomic E-state index is -5.05. The Bertz CT molecular complexity index is 506. The molecule has 0 unspecified atom stereocenters. The SMILES string of the molecule is NC(N)=NC(=O)Cn1c(C(F)(F)F)ccc1C(F)(F)F. The van der Waals surface area contributed by atoms with Crippen LogP contribution in [0.25, 0.3) is 0 Å². The number of nitrogens with two attached hydrogens (primary N) is 2. The average Bonchev–Trinajstić information content (AvgIpc) is 2.57. The van der Waals surface area contributed by atoms with Crippen molar-refractivity contribution in [1.82, 2.24) is 4.57 Å². The second-order valence-corrected chi connectivity index (χ2v) is 3.62. The zero-order valence-electron chi connectivity index (χ0n) is 9.59. The summed E-state index contributed by atoms with van der Waals surface area (Å²) in [6.07, 6.45) is -10.1. The molecule has 0 fully saturated rings. The molecule has 1 amide bonds. The van der Waals surface area contributed by atoms with Crippen LogP contribution in [0.5, 0.6) is 0 Å². The van der Waals surface area contributed by atoms with Gasteiger partial charge in [-0.15, -0.1) is 0 Å². The van der Waals surface area contributed by atoms with Gasteiger partial charge in [0.15, 0.2) is 5.96 Å². The lowest BCUT2D eigenvalue weighted by atomic mass is 10.4. The minimum Gasteiger partial charge on any atom is -0.370 e. The van der Waals surface area contributed by atoms with Crippen LogP contribution in [-0.4, -0.2) is 16.4 Å². The monoisotopic (exact) mass is 302 g/mol. The fourth-order valence-corrected chi connectivity index (χ4v) is 1.45. The molecule has 1 heterocycles. The highest BCUT2D eigenvalue weighted by Gasteiger charge is 2.41. The molecular formula is C9H8F6N4O. The van der Waals surface area contributed by atoms with Gasteiger partial charge in [-0.1, -0.05) is 0 Å². The van der Waals surface area contributed by atoms with Crippen molar-refractivity contribution in [1.29, 1.82) is 0 Å². The largest absolute Gasteiger partial charge is 0.431 e. The van der Waals surface area contributed by atoms with Crippen LogP contribution in [0.15, 0.2) is 17.1 Å². The van der Waals surface area contributed by atoms with E-state index >= 15 is 0 Å². The fraction of sp³-hybridized carbons (Fsp3) is 0.333. The van der Waals surface area contributed by atoms with Crippen molar-refractivity contribution in [2.75, 3.05) is 0 Å². The second-order valence-electron chi connectivity index (χ2n) is 3.62. The number of alkyl halides is 6. The molecule has 1 aromatic rings. The lowest BCUT2D eigenvalue weighted by Gasteiger charge is -2.15. The van der Waals surface area contributed by atoms with E-state index in [1.54, 1.807) is 0 Å². The van der Waals surface area contributed by atoms with Crippen molar-refractivity contribution in [2.45, 2.75) is 18.9 Å². The first-order valence-corrected chi connectivity index (χ1v) is 4.89. The maximum Gasteiger partial charge on any atom is 0.431 e. The number of hydrogen-bond donors (Lipinski definition) is 2. The lowest BCUT2D eigenvalue weighted by molar-refractivity contribution is -0.153. The van der Waals surface area contributed by atoms with E-state index in [-0.39, 0.29) is 16.7 Å². The van der Waals surface area contributed by atoms with Gasteiger partial charge in [0.25, 0.3) is 5.91 Å². The summed E-state index contributed by atoms with van der Waals surface area (Å²) in [6, 6.07) is 0.456.